The molecule has 0 amide bonds. The molecule has 0 aromatic heterocycles. The van der Waals surface area contributed by atoms with Gasteiger partial charge in [0.05, 0.1) is 5.41 Å². The van der Waals surface area contributed by atoms with E-state index in [4.69, 9.17) is 9.84 Å². The number of carbonyl (C=O) groups is 1. The Morgan fingerprint density at radius 3 is 2.46 bits per heavy atom. The minimum atomic E-state index is -0.695. The summed E-state index contributed by atoms with van der Waals surface area (Å²) >= 11 is 0. The largest absolute Gasteiger partial charge is 0.481 e. The van der Waals surface area contributed by atoms with Gasteiger partial charge in [-0.3, -0.25) is 4.79 Å². The second kappa shape index (κ2) is 4.09. The lowest BCUT2D eigenvalue weighted by Gasteiger charge is -2.28. The van der Waals surface area contributed by atoms with E-state index in [-0.39, 0.29) is 0 Å². The van der Waals surface area contributed by atoms with Gasteiger partial charge in [-0.2, -0.15) is 0 Å². The lowest BCUT2D eigenvalue weighted by atomic mass is 9.80. The quantitative estimate of drug-likeness (QED) is 0.732. The summed E-state index contributed by atoms with van der Waals surface area (Å²) in [5, 5.41) is 8.94. The summed E-state index contributed by atoms with van der Waals surface area (Å²) < 4.78 is 5.23. The Kier molecular flexibility index (Phi) is 3.31. The third-order valence-electron chi connectivity index (χ3n) is 2.72. The van der Waals surface area contributed by atoms with Crippen molar-refractivity contribution < 1.29 is 14.6 Å². The Hall–Kier alpha value is -0.570. The minimum Gasteiger partial charge on any atom is -0.481 e. The van der Waals surface area contributed by atoms with Gasteiger partial charge in [0.2, 0.25) is 0 Å². The van der Waals surface area contributed by atoms with Crippen LogP contribution in [0.25, 0.3) is 0 Å². The van der Waals surface area contributed by atoms with Gasteiger partial charge in [-0.25, -0.2) is 0 Å². The van der Waals surface area contributed by atoms with Gasteiger partial charge >= 0.3 is 5.97 Å². The zero-order chi connectivity index (χ0) is 9.90. The number of hydrogen-bond donors (Lipinski definition) is 1. The van der Waals surface area contributed by atoms with Gasteiger partial charge in [-0.1, -0.05) is 0 Å². The number of carboxylic acid groups (broad SMARTS) is 1. The van der Waals surface area contributed by atoms with Crippen molar-refractivity contribution in [1.82, 2.24) is 0 Å². The molecule has 0 aromatic rings. The molecule has 0 spiro atoms. The second-order valence-electron chi connectivity index (χ2n) is 4.45. The molecule has 1 saturated heterocycles. The Balaban J connectivity index is 2.41. The molecule has 3 heteroatoms. The van der Waals surface area contributed by atoms with Crippen molar-refractivity contribution in [1.29, 1.82) is 0 Å². The molecule has 1 rings (SSSR count). The van der Waals surface area contributed by atoms with E-state index in [1.54, 1.807) is 13.8 Å². The van der Waals surface area contributed by atoms with Crippen LogP contribution in [0.1, 0.15) is 33.1 Å². The van der Waals surface area contributed by atoms with E-state index in [1.165, 1.54) is 0 Å². The summed E-state index contributed by atoms with van der Waals surface area (Å²) in [5.74, 6) is -0.168. The highest BCUT2D eigenvalue weighted by atomic mass is 16.5. The fourth-order valence-electron chi connectivity index (χ4n) is 1.76. The molecule has 0 radical (unpaired) electrons. The molecule has 76 valence electrons. The van der Waals surface area contributed by atoms with E-state index in [0.717, 1.165) is 32.5 Å². The molecule has 0 unspecified atom stereocenters. The highest BCUT2D eigenvalue weighted by molar-refractivity contribution is 5.73. The molecule has 0 aliphatic carbocycles. The summed E-state index contributed by atoms with van der Waals surface area (Å²) in [4.78, 5) is 10.9. The second-order valence-corrected chi connectivity index (χ2v) is 4.45. The van der Waals surface area contributed by atoms with Crippen molar-refractivity contribution in [3.8, 4) is 0 Å². The van der Waals surface area contributed by atoms with Crippen molar-refractivity contribution in [2.45, 2.75) is 33.1 Å². The molecule has 1 aliphatic heterocycles. The molecule has 1 heterocycles. The summed E-state index contributed by atoms with van der Waals surface area (Å²) in [6.07, 6.45) is 2.79. The third-order valence-corrected chi connectivity index (χ3v) is 2.72. The standard InChI is InChI=1S/C10H18O3/c1-10(2,9(11)12)7-8-3-5-13-6-4-8/h8H,3-7H2,1-2H3,(H,11,12). The normalized spacial score (nSPS) is 20.2. The highest BCUT2D eigenvalue weighted by Crippen LogP contribution is 2.30. The van der Waals surface area contributed by atoms with Crippen LogP contribution >= 0.6 is 0 Å². The number of ether oxygens (including phenoxy) is 1. The van der Waals surface area contributed by atoms with E-state index < -0.39 is 11.4 Å². The van der Waals surface area contributed by atoms with Gasteiger partial charge in [0.1, 0.15) is 0 Å². The van der Waals surface area contributed by atoms with E-state index in [9.17, 15) is 4.79 Å². The van der Waals surface area contributed by atoms with Gasteiger partial charge in [0.25, 0.3) is 0 Å². The van der Waals surface area contributed by atoms with Crippen LogP contribution in [0.3, 0.4) is 0 Å². The van der Waals surface area contributed by atoms with Crippen molar-refractivity contribution in [3.05, 3.63) is 0 Å². The third kappa shape index (κ3) is 2.99. The average Bonchev–Trinajstić information content (AvgIpc) is 2.05. The predicted molar refractivity (Wildman–Crippen MR) is 49.6 cm³/mol. The number of carboxylic acids is 1. The first-order valence-electron chi connectivity index (χ1n) is 4.83. The van der Waals surface area contributed by atoms with Crippen molar-refractivity contribution in [2.75, 3.05) is 13.2 Å². The van der Waals surface area contributed by atoms with Crippen LogP contribution in [0, 0.1) is 11.3 Å². The fourth-order valence-corrected chi connectivity index (χ4v) is 1.76. The van der Waals surface area contributed by atoms with E-state index in [2.05, 4.69) is 0 Å². The van der Waals surface area contributed by atoms with Gasteiger partial charge in [-0.05, 0) is 39.0 Å². The molecular formula is C10H18O3. The Bertz CT molecular complexity index is 181. The summed E-state index contributed by atoms with van der Waals surface area (Å²) in [5.41, 5.74) is -0.581. The molecule has 13 heavy (non-hydrogen) atoms. The zero-order valence-corrected chi connectivity index (χ0v) is 8.38. The molecule has 1 fully saturated rings. The SMILES string of the molecule is CC(C)(CC1CCOCC1)C(=O)O. The van der Waals surface area contributed by atoms with Gasteiger partial charge in [0, 0.05) is 13.2 Å². The van der Waals surface area contributed by atoms with Crippen LogP contribution in [-0.2, 0) is 9.53 Å². The molecule has 0 bridgehead atoms. The Labute approximate surface area is 79.1 Å². The number of hydrogen-bond acceptors (Lipinski definition) is 2. The molecule has 0 atom stereocenters. The van der Waals surface area contributed by atoms with Crippen molar-refractivity contribution in [2.24, 2.45) is 11.3 Å². The molecule has 1 N–H and O–H groups in total. The van der Waals surface area contributed by atoms with Crippen molar-refractivity contribution >= 4 is 5.97 Å². The molecule has 3 nitrogen and oxygen atoms in total. The average molecular weight is 186 g/mol. The zero-order valence-electron chi connectivity index (χ0n) is 8.38. The number of rotatable bonds is 3. The lowest BCUT2D eigenvalue weighted by molar-refractivity contribution is -0.148. The van der Waals surface area contributed by atoms with Crippen LogP contribution in [0.15, 0.2) is 0 Å². The molecular weight excluding hydrogens is 168 g/mol. The van der Waals surface area contributed by atoms with Crippen LogP contribution in [-0.4, -0.2) is 24.3 Å². The van der Waals surface area contributed by atoms with Crippen LogP contribution < -0.4 is 0 Å². The summed E-state index contributed by atoms with van der Waals surface area (Å²) in [6.45, 7) is 5.18. The first kappa shape index (κ1) is 10.5. The van der Waals surface area contributed by atoms with Crippen LogP contribution in [0.2, 0.25) is 0 Å². The minimum absolute atomic E-state index is 0.528. The topological polar surface area (TPSA) is 46.5 Å². The molecule has 0 saturated carbocycles. The predicted octanol–water partition coefficient (Wildman–Crippen LogP) is 1.91. The summed E-state index contributed by atoms with van der Waals surface area (Å²) in [6, 6.07) is 0. The van der Waals surface area contributed by atoms with Crippen molar-refractivity contribution in [3.63, 3.8) is 0 Å². The first-order chi connectivity index (χ1) is 6.02. The molecule has 1 aliphatic rings. The Morgan fingerprint density at radius 1 is 1.46 bits per heavy atom. The smallest absolute Gasteiger partial charge is 0.309 e. The first-order valence-corrected chi connectivity index (χ1v) is 4.83. The maximum atomic E-state index is 10.9. The Morgan fingerprint density at radius 2 is 2.00 bits per heavy atom. The monoisotopic (exact) mass is 186 g/mol. The molecule has 0 aromatic carbocycles. The van der Waals surface area contributed by atoms with E-state index in [0.29, 0.717) is 5.92 Å². The summed E-state index contributed by atoms with van der Waals surface area (Å²) in [7, 11) is 0. The fraction of sp³-hybridized carbons (Fsp3) is 0.900. The van der Waals surface area contributed by atoms with Gasteiger partial charge in [-0.15, -0.1) is 0 Å². The van der Waals surface area contributed by atoms with E-state index >= 15 is 0 Å². The van der Waals surface area contributed by atoms with Crippen LogP contribution in [0.4, 0.5) is 0 Å². The number of aliphatic carboxylic acids is 1. The van der Waals surface area contributed by atoms with Gasteiger partial charge < -0.3 is 9.84 Å². The van der Waals surface area contributed by atoms with Gasteiger partial charge in [0.15, 0.2) is 0 Å². The maximum absolute atomic E-state index is 10.9. The van der Waals surface area contributed by atoms with Crippen LogP contribution in [0.5, 0.6) is 0 Å². The maximum Gasteiger partial charge on any atom is 0.309 e. The van der Waals surface area contributed by atoms with E-state index in [1.807, 2.05) is 0 Å². The lowest BCUT2D eigenvalue weighted by Crippen LogP contribution is -2.29. The highest BCUT2D eigenvalue weighted by Gasteiger charge is 2.31.